The second-order valence-electron chi connectivity index (χ2n) is 6.50. The Balaban J connectivity index is 1.59. The van der Waals surface area contributed by atoms with Gasteiger partial charge in [0.1, 0.15) is 0 Å². The fourth-order valence-corrected chi connectivity index (χ4v) is 3.57. The molecule has 1 heterocycles. The molecule has 1 aromatic heterocycles. The van der Waals surface area contributed by atoms with Gasteiger partial charge in [-0.3, -0.25) is 4.79 Å². The number of hydrogen-bond acceptors (Lipinski definition) is 4. The minimum absolute atomic E-state index is 0.0292. The molecule has 0 aliphatic heterocycles. The number of carbonyl (C=O) groups is 1. The molecule has 0 unspecified atom stereocenters. The number of nitrogens with one attached hydrogen (secondary N) is 1. The fourth-order valence-electron chi connectivity index (χ4n) is 2.77. The summed E-state index contributed by atoms with van der Waals surface area (Å²) in [5.74, 6) is -0.223. The third kappa shape index (κ3) is 5.79. The molecule has 140 valence electrons. The highest BCUT2D eigenvalue weighted by Gasteiger charge is 2.08. The summed E-state index contributed by atoms with van der Waals surface area (Å²) in [6.07, 6.45) is 6.60. The van der Waals surface area contributed by atoms with E-state index in [1.807, 2.05) is 29.0 Å². The Morgan fingerprint density at radius 3 is 2.48 bits per heavy atom. The molecule has 0 aliphatic carbocycles. The molecule has 0 fully saturated rings. The number of aromatic nitrogens is 2. The maximum atomic E-state index is 12.3. The Labute approximate surface area is 158 Å². The van der Waals surface area contributed by atoms with Gasteiger partial charge in [-0.1, -0.05) is 36.4 Å². The molecule has 0 atom stereocenters. The van der Waals surface area contributed by atoms with Crippen molar-refractivity contribution in [3.05, 3.63) is 89.5 Å². The van der Waals surface area contributed by atoms with Crippen LogP contribution in [-0.4, -0.2) is 30.1 Å². The smallest absolute Gasteiger partial charge is 0.251 e. The van der Waals surface area contributed by atoms with Gasteiger partial charge in [-0.25, -0.2) is 13.4 Å². The van der Waals surface area contributed by atoms with Gasteiger partial charge < -0.3 is 9.88 Å². The first-order valence-electron chi connectivity index (χ1n) is 8.47. The second kappa shape index (κ2) is 8.18. The van der Waals surface area contributed by atoms with Crippen molar-refractivity contribution in [1.29, 1.82) is 0 Å². The van der Waals surface area contributed by atoms with Crippen LogP contribution in [0.2, 0.25) is 0 Å². The van der Waals surface area contributed by atoms with E-state index >= 15 is 0 Å². The van der Waals surface area contributed by atoms with Gasteiger partial charge in [0, 0.05) is 37.3 Å². The largest absolute Gasteiger partial charge is 0.348 e. The molecule has 6 nitrogen and oxygen atoms in total. The molecule has 7 heteroatoms. The number of carbonyl (C=O) groups excluding carboxylic acids is 1. The van der Waals surface area contributed by atoms with Gasteiger partial charge in [0.2, 0.25) is 0 Å². The molecule has 2 aromatic carbocycles. The van der Waals surface area contributed by atoms with Crippen LogP contribution in [0.25, 0.3) is 0 Å². The normalized spacial score (nSPS) is 11.3. The topological polar surface area (TPSA) is 81.1 Å². The molecule has 1 amide bonds. The van der Waals surface area contributed by atoms with Gasteiger partial charge in [-0.2, -0.15) is 0 Å². The lowest BCUT2D eigenvalue weighted by molar-refractivity contribution is 0.0951. The lowest BCUT2D eigenvalue weighted by Gasteiger charge is -2.08. The van der Waals surface area contributed by atoms with Gasteiger partial charge in [0.25, 0.3) is 5.91 Å². The van der Waals surface area contributed by atoms with Crippen LogP contribution in [0.4, 0.5) is 0 Å². The Kier molecular flexibility index (Phi) is 5.71. The summed E-state index contributed by atoms with van der Waals surface area (Å²) in [5.41, 5.74) is 3.31. The van der Waals surface area contributed by atoms with E-state index in [0.717, 1.165) is 17.7 Å². The van der Waals surface area contributed by atoms with Crippen molar-refractivity contribution >= 4 is 15.7 Å². The zero-order valence-corrected chi connectivity index (χ0v) is 15.8. The Bertz CT molecular complexity index is 1010. The van der Waals surface area contributed by atoms with E-state index in [2.05, 4.69) is 16.4 Å². The van der Waals surface area contributed by atoms with Gasteiger partial charge in [0.05, 0.1) is 12.1 Å². The Morgan fingerprint density at radius 1 is 1.07 bits per heavy atom. The molecule has 0 bridgehead atoms. The van der Waals surface area contributed by atoms with Crippen LogP contribution in [0.15, 0.2) is 67.3 Å². The molecule has 0 radical (unpaired) electrons. The molecule has 27 heavy (non-hydrogen) atoms. The number of rotatable bonds is 7. The van der Waals surface area contributed by atoms with E-state index in [-0.39, 0.29) is 11.7 Å². The number of amides is 1. The van der Waals surface area contributed by atoms with Crippen LogP contribution in [0, 0.1) is 0 Å². The Hall–Kier alpha value is -2.93. The predicted molar refractivity (Wildman–Crippen MR) is 104 cm³/mol. The van der Waals surface area contributed by atoms with E-state index in [9.17, 15) is 13.2 Å². The van der Waals surface area contributed by atoms with E-state index in [1.54, 1.807) is 36.8 Å². The average Bonchev–Trinajstić information content (AvgIpc) is 3.12. The van der Waals surface area contributed by atoms with E-state index in [1.165, 1.54) is 6.26 Å². The quantitative estimate of drug-likeness (QED) is 0.679. The maximum Gasteiger partial charge on any atom is 0.251 e. The van der Waals surface area contributed by atoms with E-state index in [0.29, 0.717) is 17.7 Å². The van der Waals surface area contributed by atoms with Crippen LogP contribution < -0.4 is 5.32 Å². The van der Waals surface area contributed by atoms with E-state index in [4.69, 9.17) is 0 Å². The van der Waals surface area contributed by atoms with Crippen LogP contribution in [0.5, 0.6) is 0 Å². The monoisotopic (exact) mass is 383 g/mol. The van der Waals surface area contributed by atoms with Gasteiger partial charge >= 0.3 is 0 Å². The summed E-state index contributed by atoms with van der Waals surface area (Å²) < 4.78 is 24.6. The SMILES string of the molecule is CS(=O)(=O)Cc1ccc(C(=O)NCc2cccc(Cn3ccnc3)c2)cc1. The van der Waals surface area contributed by atoms with Crippen molar-refractivity contribution in [1.82, 2.24) is 14.9 Å². The van der Waals surface area contributed by atoms with Crippen molar-refractivity contribution in [2.75, 3.05) is 6.26 Å². The van der Waals surface area contributed by atoms with Crippen molar-refractivity contribution in [2.24, 2.45) is 0 Å². The molecule has 0 saturated heterocycles. The lowest BCUT2D eigenvalue weighted by Crippen LogP contribution is -2.22. The van der Waals surface area contributed by atoms with Crippen LogP contribution >= 0.6 is 0 Å². The van der Waals surface area contributed by atoms with E-state index < -0.39 is 9.84 Å². The van der Waals surface area contributed by atoms with Crippen molar-refractivity contribution in [3.8, 4) is 0 Å². The van der Waals surface area contributed by atoms with Gasteiger partial charge in [0.15, 0.2) is 9.84 Å². The summed E-state index contributed by atoms with van der Waals surface area (Å²) in [6.45, 7) is 1.14. The molecule has 3 rings (SSSR count). The predicted octanol–water partition coefficient (Wildman–Crippen LogP) is 2.41. The number of hydrogen-bond donors (Lipinski definition) is 1. The Morgan fingerprint density at radius 2 is 1.81 bits per heavy atom. The molecule has 0 aliphatic rings. The number of sulfone groups is 1. The first kappa shape index (κ1) is 18.8. The minimum atomic E-state index is -3.09. The van der Waals surface area contributed by atoms with Gasteiger partial charge in [-0.05, 0) is 28.8 Å². The number of benzene rings is 2. The highest BCUT2D eigenvalue weighted by atomic mass is 32.2. The molecule has 0 spiro atoms. The first-order chi connectivity index (χ1) is 12.9. The average molecular weight is 383 g/mol. The standard InChI is InChI=1S/C20H21N3O3S/c1-27(25,26)14-16-5-7-19(8-6-16)20(24)22-12-17-3-2-4-18(11-17)13-23-10-9-21-15-23/h2-11,15H,12-14H2,1H3,(H,22,24). The third-order valence-electron chi connectivity index (χ3n) is 4.01. The van der Waals surface area contributed by atoms with Crippen LogP contribution in [0.3, 0.4) is 0 Å². The highest BCUT2D eigenvalue weighted by Crippen LogP contribution is 2.10. The summed E-state index contributed by atoms with van der Waals surface area (Å²) in [7, 11) is -3.09. The second-order valence-corrected chi connectivity index (χ2v) is 8.64. The fraction of sp³-hybridized carbons (Fsp3) is 0.200. The maximum absolute atomic E-state index is 12.3. The summed E-state index contributed by atoms with van der Waals surface area (Å²) in [4.78, 5) is 16.3. The number of nitrogens with zero attached hydrogens (tertiary/aromatic N) is 2. The highest BCUT2D eigenvalue weighted by molar-refractivity contribution is 7.89. The van der Waals surface area contributed by atoms with Crippen molar-refractivity contribution < 1.29 is 13.2 Å². The molecular formula is C20H21N3O3S. The molecular weight excluding hydrogens is 362 g/mol. The molecule has 3 aromatic rings. The lowest BCUT2D eigenvalue weighted by atomic mass is 10.1. The van der Waals surface area contributed by atoms with Crippen molar-refractivity contribution in [2.45, 2.75) is 18.8 Å². The van der Waals surface area contributed by atoms with Crippen LogP contribution in [0.1, 0.15) is 27.0 Å². The first-order valence-corrected chi connectivity index (χ1v) is 10.5. The number of imidazole rings is 1. The summed E-state index contributed by atoms with van der Waals surface area (Å²) >= 11 is 0. The zero-order valence-electron chi connectivity index (χ0n) is 15.0. The minimum Gasteiger partial charge on any atom is -0.348 e. The molecule has 1 N–H and O–H groups in total. The van der Waals surface area contributed by atoms with Crippen molar-refractivity contribution in [3.63, 3.8) is 0 Å². The molecule has 0 saturated carbocycles. The van der Waals surface area contributed by atoms with Gasteiger partial charge in [-0.15, -0.1) is 0 Å². The zero-order chi connectivity index (χ0) is 19.3. The van der Waals surface area contributed by atoms with Crippen LogP contribution in [-0.2, 0) is 28.7 Å². The summed E-state index contributed by atoms with van der Waals surface area (Å²) in [5, 5.41) is 2.89. The third-order valence-corrected chi connectivity index (χ3v) is 4.87. The summed E-state index contributed by atoms with van der Waals surface area (Å²) in [6, 6.07) is 14.6.